The highest BCUT2D eigenvalue weighted by Gasteiger charge is 2.20. The Morgan fingerprint density at radius 1 is 1.14 bits per heavy atom. The summed E-state index contributed by atoms with van der Waals surface area (Å²) < 4.78 is 5.02. The van der Waals surface area contributed by atoms with Gasteiger partial charge in [-0.05, 0) is 38.2 Å². The number of carbonyl (C=O) groups is 2. The average molecular weight is 292 g/mol. The lowest BCUT2D eigenvalue weighted by atomic mass is 9.95. The molecule has 1 atom stereocenters. The molecule has 0 saturated heterocycles. The van der Waals surface area contributed by atoms with Crippen LogP contribution in [0.4, 0.5) is 0 Å². The number of hydrogen-bond acceptors (Lipinski definition) is 3. The minimum absolute atomic E-state index is 0.0160. The van der Waals surface area contributed by atoms with E-state index in [2.05, 4.69) is 12.1 Å². The molecule has 4 heteroatoms. The number of esters is 1. The molecule has 21 heavy (non-hydrogen) atoms. The van der Waals surface area contributed by atoms with Gasteiger partial charge in [0, 0.05) is 6.42 Å². The van der Waals surface area contributed by atoms with E-state index in [4.69, 9.17) is 9.84 Å². The SMILES string of the molecule is CCOC(=O)C(CCCCc1ccccc1)CCC(=O)O. The second-order valence-corrected chi connectivity index (χ2v) is 5.11. The topological polar surface area (TPSA) is 63.6 Å². The van der Waals surface area contributed by atoms with E-state index >= 15 is 0 Å². The summed E-state index contributed by atoms with van der Waals surface area (Å²) in [4.78, 5) is 22.5. The van der Waals surface area contributed by atoms with E-state index in [9.17, 15) is 9.59 Å². The van der Waals surface area contributed by atoms with Crippen LogP contribution in [-0.4, -0.2) is 23.7 Å². The van der Waals surface area contributed by atoms with Crippen molar-refractivity contribution in [1.82, 2.24) is 0 Å². The van der Waals surface area contributed by atoms with Gasteiger partial charge in [-0.3, -0.25) is 9.59 Å². The van der Waals surface area contributed by atoms with E-state index in [1.165, 1.54) is 5.56 Å². The van der Waals surface area contributed by atoms with Crippen LogP contribution >= 0.6 is 0 Å². The van der Waals surface area contributed by atoms with Gasteiger partial charge in [0.25, 0.3) is 0 Å². The van der Waals surface area contributed by atoms with Crippen molar-refractivity contribution in [3.05, 3.63) is 35.9 Å². The third kappa shape index (κ3) is 7.49. The maximum absolute atomic E-state index is 11.8. The van der Waals surface area contributed by atoms with E-state index in [1.807, 2.05) is 18.2 Å². The van der Waals surface area contributed by atoms with Crippen LogP contribution in [-0.2, 0) is 20.7 Å². The molecular weight excluding hydrogens is 268 g/mol. The molecule has 4 nitrogen and oxygen atoms in total. The number of carbonyl (C=O) groups excluding carboxylic acids is 1. The van der Waals surface area contributed by atoms with E-state index in [-0.39, 0.29) is 18.3 Å². The first-order valence-electron chi connectivity index (χ1n) is 7.55. The molecule has 0 aliphatic carbocycles. The van der Waals surface area contributed by atoms with Gasteiger partial charge in [0.15, 0.2) is 0 Å². The molecular formula is C17H24O4. The van der Waals surface area contributed by atoms with Crippen molar-refractivity contribution in [3.63, 3.8) is 0 Å². The molecule has 116 valence electrons. The van der Waals surface area contributed by atoms with Gasteiger partial charge in [0.1, 0.15) is 0 Å². The first kappa shape index (κ1) is 17.2. The molecule has 0 bridgehead atoms. The molecule has 1 aromatic carbocycles. The van der Waals surface area contributed by atoms with Crippen molar-refractivity contribution in [1.29, 1.82) is 0 Å². The number of aryl methyl sites for hydroxylation is 1. The van der Waals surface area contributed by atoms with Gasteiger partial charge in [-0.1, -0.05) is 36.8 Å². The molecule has 1 N–H and O–H groups in total. The quantitative estimate of drug-likeness (QED) is 0.530. The summed E-state index contributed by atoms with van der Waals surface area (Å²) in [7, 11) is 0. The predicted molar refractivity (Wildman–Crippen MR) is 81.0 cm³/mol. The maximum atomic E-state index is 11.8. The standard InChI is InChI=1S/C17H24O4/c1-2-21-17(20)15(12-13-16(18)19)11-7-6-10-14-8-4-3-5-9-14/h3-5,8-9,15H,2,6-7,10-13H2,1H3,(H,18,19). The maximum Gasteiger partial charge on any atom is 0.308 e. The second-order valence-electron chi connectivity index (χ2n) is 5.11. The minimum atomic E-state index is -0.867. The number of hydrogen-bond donors (Lipinski definition) is 1. The smallest absolute Gasteiger partial charge is 0.308 e. The van der Waals surface area contributed by atoms with E-state index in [1.54, 1.807) is 6.92 Å². The monoisotopic (exact) mass is 292 g/mol. The van der Waals surface area contributed by atoms with Gasteiger partial charge in [-0.15, -0.1) is 0 Å². The Labute approximate surface area is 126 Å². The molecule has 0 heterocycles. The molecule has 0 aliphatic rings. The fourth-order valence-electron chi connectivity index (χ4n) is 2.30. The van der Waals surface area contributed by atoms with Crippen molar-refractivity contribution in [2.75, 3.05) is 6.61 Å². The first-order chi connectivity index (χ1) is 10.1. The van der Waals surface area contributed by atoms with Crippen molar-refractivity contribution < 1.29 is 19.4 Å². The number of rotatable bonds is 10. The van der Waals surface area contributed by atoms with Crippen LogP contribution < -0.4 is 0 Å². The molecule has 1 unspecified atom stereocenters. The summed E-state index contributed by atoms with van der Waals surface area (Å²) in [6.45, 7) is 2.11. The Morgan fingerprint density at radius 2 is 1.86 bits per heavy atom. The first-order valence-corrected chi connectivity index (χ1v) is 7.55. The molecule has 0 aliphatic heterocycles. The third-order valence-electron chi connectivity index (χ3n) is 3.44. The number of carboxylic acid groups (broad SMARTS) is 1. The van der Waals surface area contributed by atoms with Gasteiger partial charge in [-0.25, -0.2) is 0 Å². The van der Waals surface area contributed by atoms with Crippen LogP contribution in [0.2, 0.25) is 0 Å². The number of aliphatic carboxylic acids is 1. The van der Waals surface area contributed by atoms with Crippen molar-refractivity contribution in [3.8, 4) is 0 Å². The summed E-state index contributed by atoms with van der Waals surface area (Å²) in [6.07, 6.45) is 3.95. The highest BCUT2D eigenvalue weighted by molar-refractivity contribution is 5.73. The molecule has 0 aromatic heterocycles. The summed E-state index contributed by atoms with van der Waals surface area (Å²) in [5.41, 5.74) is 1.29. The Hall–Kier alpha value is -1.84. The van der Waals surface area contributed by atoms with Gasteiger partial charge >= 0.3 is 11.9 Å². The highest BCUT2D eigenvalue weighted by atomic mass is 16.5. The Morgan fingerprint density at radius 3 is 2.48 bits per heavy atom. The van der Waals surface area contributed by atoms with Crippen LogP contribution in [0.15, 0.2) is 30.3 Å². The molecule has 1 rings (SSSR count). The van der Waals surface area contributed by atoms with E-state index in [0.717, 1.165) is 19.3 Å². The van der Waals surface area contributed by atoms with Gasteiger partial charge in [0.05, 0.1) is 12.5 Å². The van der Waals surface area contributed by atoms with Crippen molar-refractivity contribution >= 4 is 11.9 Å². The Bertz CT molecular complexity index is 428. The van der Waals surface area contributed by atoms with Crippen LogP contribution in [0, 0.1) is 5.92 Å². The predicted octanol–water partition coefficient (Wildman–Crippen LogP) is 3.44. The zero-order chi connectivity index (χ0) is 15.5. The molecule has 0 radical (unpaired) electrons. The van der Waals surface area contributed by atoms with Gasteiger partial charge < -0.3 is 9.84 Å². The fourth-order valence-corrected chi connectivity index (χ4v) is 2.30. The zero-order valence-electron chi connectivity index (χ0n) is 12.6. The van der Waals surface area contributed by atoms with Gasteiger partial charge in [0.2, 0.25) is 0 Å². The lowest BCUT2D eigenvalue weighted by Gasteiger charge is -2.14. The summed E-state index contributed by atoms with van der Waals surface area (Å²) in [5.74, 6) is -1.43. The van der Waals surface area contributed by atoms with Crippen LogP contribution in [0.1, 0.15) is 44.6 Å². The average Bonchev–Trinajstić information content (AvgIpc) is 2.47. The lowest BCUT2D eigenvalue weighted by molar-refractivity contribution is -0.149. The third-order valence-corrected chi connectivity index (χ3v) is 3.44. The Kier molecular flexibility index (Phi) is 8.17. The van der Waals surface area contributed by atoms with Crippen LogP contribution in [0.3, 0.4) is 0 Å². The number of carboxylic acids is 1. The number of unbranched alkanes of at least 4 members (excludes halogenated alkanes) is 1. The second kappa shape index (κ2) is 9.97. The molecule has 0 amide bonds. The molecule has 1 aromatic rings. The van der Waals surface area contributed by atoms with Crippen molar-refractivity contribution in [2.24, 2.45) is 5.92 Å². The summed E-state index contributed by atoms with van der Waals surface area (Å²) >= 11 is 0. The van der Waals surface area contributed by atoms with Crippen LogP contribution in [0.25, 0.3) is 0 Å². The van der Waals surface area contributed by atoms with E-state index in [0.29, 0.717) is 19.4 Å². The Balaban J connectivity index is 2.34. The highest BCUT2D eigenvalue weighted by Crippen LogP contribution is 2.18. The van der Waals surface area contributed by atoms with Gasteiger partial charge in [-0.2, -0.15) is 0 Å². The minimum Gasteiger partial charge on any atom is -0.481 e. The number of benzene rings is 1. The summed E-state index contributed by atoms with van der Waals surface area (Å²) in [5, 5.41) is 8.74. The van der Waals surface area contributed by atoms with E-state index < -0.39 is 5.97 Å². The largest absolute Gasteiger partial charge is 0.481 e. The fraction of sp³-hybridized carbons (Fsp3) is 0.529. The van der Waals surface area contributed by atoms with Crippen LogP contribution in [0.5, 0.6) is 0 Å². The van der Waals surface area contributed by atoms with Crippen molar-refractivity contribution in [2.45, 2.75) is 45.4 Å². The summed E-state index contributed by atoms with van der Waals surface area (Å²) in [6, 6.07) is 10.2. The zero-order valence-corrected chi connectivity index (χ0v) is 12.6. The number of ether oxygens (including phenoxy) is 1. The molecule has 0 saturated carbocycles. The normalized spacial score (nSPS) is 11.9. The molecule has 0 fully saturated rings. The lowest BCUT2D eigenvalue weighted by Crippen LogP contribution is -2.19. The molecule has 0 spiro atoms.